The maximum Gasteiger partial charge on any atom is 0.308 e. The molecule has 2 aromatic rings. The number of benzene rings is 1. The third-order valence-corrected chi connectivity index (χ3v) is 4.15. The number of carboxylic acids is 1. The van der Waals surface area contributed by atoms with Crippen LogP contribution >= 0.6 is 11.3 Å². The highest BCUT2D eigenvalue weighted by Gasteiger charge is 2.25. The van der Waals surface area contributed by atoms with Gasteiger partial charge in [-0.1, -0.05) is 32.9 Å². The molecule has 2 rings (SSSR count). The Labute approximate surface area is 128 Å². The van der Waals surface area contributed by atoms with Crippen molar-refractivity contribution in [1.29, 1.82) is 0 Å². The molecule has 0 aliphatic heterocycles. The Morgan fingerprint density at radius 1 is 1.33 bits per heavy atom. The van der Waals surface area contributed by atoms with Crippen LogP contribution in [0.3, 0.4) is 0 Å². The molecule has 5 heteroatoms. The summed E-state index contributed by atoms with van der Waals surface area (Å²) in [5.74, 6) is -0.0932. The summed E-state index contributed by atoms with van der Waals surface area (Å²) >= 11 is 1.43. The summed E-state index contributed by atoms with van der Waals surface area (Å²) < 4.78 is 5.37. The van der Waals surface area contributed by atoms with Crippen molar-refractivity contribution >= 4 is 17.3 Å². The Bertz CT molecular complexity index is 656. The number of aromatic nitrogens is 1. The van der Waals surface area contributed by atoms with E-state index >= 15 is 0 Å². The van der Waals surface area contributed by atoms with Gasteiger partial charge >= 0.3 is 5.97 Å². The molecule has 0 spiro atoms. The van der Waals surface area contributed by atoms with Crippen molar-refractivity contribution in [2.24, 2.45) is 0 Å². The summed E-state index contributed by atoms with van der Waals surface area (Å²) in [4.78, 5) is 16.6. The molecule has 0 radical (unpaired) electrons. The molecule has 1 heterocycles. The molecule has 0 bridgehead atoms. The lowest BCUT2D eigenvalue weighted by atomic mass is 9.91. The second-order valence-electron chi connectivity index (χ2n) is 5.81. The second kappa shape index (κ2) is 5.85. The van der Waals surface area contributed by atoms with Crippen molar-refractivity contribution in [3.8, 4) is 16.3 Å². The topological polar surface area (TPSA) is 59.4 Å². The Morgan fingerprint density at radius 3 is 2.57 bits per heavy atom. The molecule has 0 fully saturated rings. The van der Waals surface area contributed by atoms with Crippen molar-refractivity contribution in [3.05, 3.63) is 34.8 Å². The summed E-state index contributed by atoms with van der Waals surface area (Å²) in [5.41, 5.74) is 1.55. The van der Waals surface area contributed by atoms with E-state index in [1.807, 2.05) is 45.0 Å². The Morgan fingerprint density at radius 2 is 2.00 bits per heavy atom. The molecule has 1 aromatic carbocycles. The van der Waals surface area contributed by atoms with Gasteiger partial charge in [0.1, 0.15) is 10.8 Å². The van der Waals surface area contributed by atoms with E-state index in [0.717, 1.165) is 26.9 Å². The van der Waals surface area contributed by atoms with E-state index in [4.69, 9.17) is 9.84 Å². The summed E-state index contributed by atoms with van der Waals surface area (Å²) in [6, 6.07) is 7.64. The zero-order chi connectivity index (χ0) is 15.6. The van der Waals surface area contributed by atoms with Crippen LogP contribution in [0.25, 0.3) is 10.6 Å². The van der Waals surface area contributed by atoms with Crippen LogP contribution in [0.1, 0.15) is 31.3 Å². The molecule has 0 unspecified atom stereocenters. The standard InChI is InChI=1S/C16H19NO3S/c1-16(2,3)14-12(9-13(18)19)21-15(17-14)10-7-5-6-8-11(10)20-4/h5-8H,9H2,1-4H3,(H,18,19). The van der Waals surface area contributed by atoms with Gasteiger partial charge < -0.3 is 9.84 Å². The minimum absolute atomic E-state index is 0.000576. The lowest BCUT2D eigenvalue weighted by Crippen LogP contribution is -2.15. The average molecular weight is 305 g/mol. The Kier molecular flexibility index (Phi) is 4.32. The highest BCUT2D eigenvalue weighted by Crippen LogP contribution is 2.38. The van der Waals surface area contributed by atoms with E-state index in [2.05, 4.69) is 4.98 Å². The number of hydrogen-bond acceptors (Lipinski definition) is 4. The lowest BCUT2D eigenvalue weighted by molar-refractivity contribution is -0.136. The summed E-state index contributed by atoms with van der Waals surface area (Å²) in [6.45, 7) is 6.12. The van der Waals surface area contributed by atoms with Crippen LogP contribution in [-0.4, -0.2) is 23.2 Å². The molecule has 112 valence electrons. The van der Waals surface area contributed by atoms with Crippen molar-refractivity contribution in [2.45, 2.75) is 32.6 Å². The van der Waals surface area contributed by atoms with Gasteiger partial charge in [0.25, 0.3) is 0 Å². The normalized spacial score (nSPS) is 11.4. The van der Waals surface area contributed by atoms with E-state index < -0.39 is 5.97 Å². The van der Waals surface area contributed by atoms with Crippen LogP contribution in [0.15, 0.2) is 24.3 Å². The van der Waals surface area contributed by atoms with Gasteiger partial charge in [-0.25, -0.2) is 4.98 Å². The fourth-order valence-electron chi connectivity index (χ4n) is 2.13. The smallest absolute Gasteiger partial charge is 0.308 e. The molecule has 0 aliphatic carbocycles. The first-order chi connectivity index (χ1) is 9.82. The predicted octanol–water partition coefficient (Wildman–Crippen LogP) is 3.74. The monoisotopic (exact) mass is 305 g/mol. The SMILES string of the molecule is COc1ccccc1-c1nc(C(C)(C)C)c(CC(=O)O)s1. The number of rotatable bonds is 4. The van der Waals surface area contributed by atoms with Crippen LogP contribution in [0.2, 0.25) is 0 Å². The molecule has 0 atom stereocenters. The number of para-hydroxylation sites is 1. The van der Waals surface area contributed by atoms with Gasteiger partial charge in [-0.05, 0) is 12.1 Å². The number of nitrogens with zero attached hydrogens (tertiary/aromatic N) is 1. The van der Waals surface area contributed by atoms with E-state index in [1.165, 1.54) is 11.3 Å². The Hall–Kier alpha value is -1.88. The van der Waals surface area contributed by atoms with Gasteiger partial charge in [0.2, 0.25) is 0 Å². The first-order valence-electron chi connectivity index (χ1n) is 6.68. The number of hydrogen-bond donors (Lipinski definition) is 1. The molecule has 0 saturated heterocycles. The first kappa shape index (κ1) is 15.5. The van der Waals surface area contributed by atoms with Crippen LogP contribution in [0, 0.1) is 0 Å². The Balaban J connectivity index is 2.56. The van der Waals surface area contributed by atoms with Crippen LogP contribution in [-0.2, 0) is 16.6 Å². The van der Waals surface area contributed by atoms with Gasteiger partial charge in [-0.3, -0.25) is 4.79 Å². The highest BCUT2D eigenvalue weighted by atomic mass is 32.1. The van der Waals surface area contributed by atoms with Gasteiger partial charge in [0.15, 0.2) is 0 Å². The minimum atomic E-state index is -0.837. The third kappa shape index (κ3) is 3.42. The largest absolute Gasteiger partial charge is 0.496 e. The first-order valence-corrected chi connectivity index (χ1v) is 7.50. The molecular weight excluding hydrogens is 286 g/mol. The number of methoxy groups -OCH3 is 1. The maximum absolute atomic E-state index is 11.1. The number of thiazole rings is 1. The zero-order valence-corrected chi connectivity index (χ0v) is 13.5. The lowest BCUT2D eigenvalue weighted by Gasteiger charge is -2.17. The molecule has 0 amide bonds. The molecule has 21 heavy (non-hydrogen) atoms. The number of ether oxygens (including phenoxy) is 1. The van der Waals surface area contributed by atoms with Gasteiger partial charge in [-0.2, -0.15) is 0 Å². The molecule has 1 aromatic heterocycles. The fourth-order valence-corrected chi connectivity index (χ4v) is 3.42. The van der Waals surface area contributed by atoms with Crippen molar-refractivity contribution in [2.75, 3.05) is 7.11 Å². The van der Waals surface area contributed by atoms with Crippen molar-refractivity contribution in [1.82, 2.24) is 4.98 Å². The number of carbonyl (C=O) groups is 1. The van der Waals surface area contributed by atoms with Crippen LogP contribution in [0.5, 0.6) is 5.75 Å². The third-order valence-electron chi connectivity index (χ3n) is 3.06. The van der Waals surface area contributed by atoms with Crippen LogP contribution < -0.4 is 4.74 Å². The van der Waals surface area contributed by atoms with Gasteiger partial charge in [0.05, 0.1) is 24.8 Å². The molecular formula is C16H19NO3S. The maximum atomic E-state index is 11.1. The van der Waals surface area contributed by atoms with E-state index in [9.17, 15) is 4.79 Å². The summed E-state index contributed by atoms with van der Waals surface area (Å²) in [6.07, 6.45) is -0.000576. The fraction of sp³-hybridized carbons (Fsp3) is 0.375. The number of carboxylic acid groups (broad SMARTS) is 1. The zero-order valence-electron chi connectivity index (χ0n) is 12.6. The highest BCUT2D eigenvalue weighted by molar-refractivity contribution is 7.15. The second-order valence-corrected chi connectivity index (χ2v) is 6.90. The van der Waals surface area contributed by atoms with Crippen molar-refractivity contribution < 1.29 is 14.6 Å². The predicted molar refractivity (Wildman–Crippen MR) is 84.1 cm³/mol. The number of aliphatic carboxylic acids is 1. The molecule has 4 nitrogen and oxygen atoms in total. The average Bonchev–Trinajstić information content (AvgIpc) is 2.81. The molecule has 1 N–H and O–H groups in total. The summed E-state index contributed by atoms with van der Waals surface area (Å²) in [5, 5.41) is 9.89. The van der Waals surface area contributed by atoms with E-state index in [1.54, 1.807) is 7.11 Å². The van der Waals surface area contributed by atoms with Gasteiger partial charge in [0, 0.05) is 10.3 Å². The van der Waals surface area contributed by atoms with E-state index in [-0.39, 0.29) is 11.8 Å². The quantitative estimate of drug-likeness (QED) is 0.934. The van der Waals surface area contributed by atoms with Crippen molar-refractivity contribution in [3.63, 3.8) is 0 Å². The van der Waals surface area contributed by atoms with E-state index in [0.29, 0.717) is 0 Å². The minimum Gasteiger partial charge on any atom is -0.496 e. The molecule has 0 saturated carbocycles. The van der Waals surface area contributed by atoms with Gasteiger partial charge in [-0.15, -0.1) is 11.3 Å². The molecule has 0 aliphatic rings. The summed E-state index contributed by atoms with van der Waals surface area (Å²) in [7, 11) is 1.62. The van der Waals surface area contributed by atoms with Crippen LogP contribution in [0.4, 0.5) is 0 Å².